The molecule has 1 aromatic heterocycles. The fourth-order valence-electron chi connectivity index (χ4n) is 11.4. The molecule has 0 atom stereocenters. The monoisotopic (exact) mass is 844 g/mol. The molecule has 314 valence electrons. The van der Waals surface area contributed by atoms with Gasteiger partial charge in [0.05, 0.1) is 22.4 Å². The summed E-state index contributed by atoms with van der Waals surface area (Å²) in [5.74, 6) is 0. The van der Waals surface area contributed by atoms with Crippen molar-refractivity contribution in [2.45, 2.75) is 38.5 Å². The van der Waals surface area contributed by atoms with Crippen LogP contribution in [0.2, 0.25) is 0 Å². The number of hydrogen-bond acceptors (Lipinski definition) is 1. The molecule has 2 aliphatic rings. The summed E-state index contributed by atoms with van der Waals surface area (Å²) in [6, 6.07) is 81.4. The molecule has 0 saturated carbocycles. The lowest BCUT2D eigenvalue weighted by molar-refractivity contribution is 0.632. The Bertz CT molecular complexity index is 3740. The van der Waals surface area contributed by atoms with Gasteiger partial charge in [0.25, 0.3) is 0 Å². The molecule has 0 spiro atoms. The molecule has 1 aliphatic heterocycles. The van der Waals surface area contributed by atoms with Crippen molar-refractivity contribution < 1.29 is 0 Å². The van der Waals surface area contributed by atoms with Crippen LogP contribution in [-0.4, -0.2) is 4.57 Å². The van der Waals surface area contributed by atoms with E-state index in [1.807, 2.05) is 0 Å². The van der Waals surface area contributed by atoms with Gasteiger partial charge in [0.15, 0.2) is 0 Å². The van der Waals surface area contributed by atoms with Crippen LogP contribution >= 0.6 is 0 Å². The number of aromatic nitrogens is 1. The van der Waals surface area contributed by atoms with Crippen LogP contribution in [0.5, 0.6) is 0 Å². The normalized spacial score (nSPS) is 14.3. The zero-order valence-corrected chi connectivity index (χ0v) is 37.7. The van der Waals surface area contributed by atoms with E-state index in [9.17, 15) is 0 Å². The number of benzene rings is 10. The van der Waals surface area contributed by atoms with Crippen LogP contribution in [0, 0.1) is 0 Å². The minimum Gasteiger partial charge on any atom is -0.310 e. The molecule has 66 heavy (non-hydrogen) atoms. The molecular formula is C64H48N2. The SMILES string of the molecule is CC1(C)c2ccccc2-c2cc3c4cc(-c5ccc6c(c5)C(C)(C)c5cc(-c7ccc8ccccc8c7)ccc5N6c5ccc(-c6ccccc6)cc5)ccc4n(-c4ccccc4)c3cc21. The first-order valence-electron chi connectivity index (χ1n) is 23.2. The predicted octanol–water partition coefficient (Wildman–Crippen LogP) is 17.4. The second kappa shape index (κ2) is 14.3. The first-order valence-corrected chi connectivity index (χ1v) is 23.2. The summed E-state index contributed by atoms with van der Waals surface area (Å²) in [6.45, 7) is 9.56. The number of anilines is 3. The lowest BCUT2D eigenvalue weighted by Gasteiger charge is -2.42. The average molecular weight is 845 g/mol. The van der Waals surface area contributed by atoms with Crippen molar-refractivity contribution in [1.29, 1.82) is 0 Å². The van der Waals surface area contributed by atoms with Gasteiger partial charge in [-0.25, -0.2) is 0 Å². The molecule has 0 unspecified atom stereocenters. The van der Waals surface area contributed by atoms with E-state index in [4.69, 9.17) is 0 Å². The molecule has 13 rings (SSSR count). The zero-order chi connectivity index (χ0) is 44.3. The van der Waals surface area contributed by atoms with E-state index < -0.39 is 0 Å². The van der Waals surface area contributed by atoms with Gasteiger partial charge in [0.2, 0.25) is 0 Å². The molecule has 1 aliphatic carbocycles. The summed E-state index contributed by atoms with van der Waals surface area (Å²) in [4.78, 5) is 2.48. The molecule has 0 saturated heterocycles. The van der Waals surface area contributed by atoms with Gasteiger partial charge in [-0.05, 0) is 156 Å². The third-order valence-corrected chi connectivity index (χ3v) is 15.0. The summed E-state index contributed by atoms with van der Waals surface area (Å²) in [5, 5.41) is 5.05. The molecule has 0 amide bonds. The van der Waals surface area contributed by atoms with E-state index in [2.05, 4.69) is 256 Å². The summed E-state index contributed by atoms with van der Waals surface area (Å²) in [7, 11) is 0. The van der Waals surface area contributed by atoms with E-state index >= 15 is 0 Å². The van der Waals surface area contributed by atoms with Gasteiger partial charge in [0, 0.05) is 33.0 Å². The van der Waals surface area contributed by atoms with Crippen molar-refractivity contribution in [2.24, 2.45) is 0 Å². The molecule has 0 radical (unpaired) electrons. The number of rotatable bonds is 5. The molecule has 0 fully saturated rings. The first kappa shape index (κ1) is 38.5. The highest BCUT2D eigenvalue weighted by molar-refractivity contribution is 6.13. The van der Waals surface area contributed by atoms with Gasteiger partial charge >= 0.3 is 0 Å². The molecule has 2 heteroatoms. The smallest absolute Gasteiger partial charge is 0.0544 e. The largest absolute Gasteiger partial charge is 0.310 e. The van der Waals surface area contributed by atoms with Gasteiger partial charge < -0.3 is 9.47 Å². The third-order valence-electron chi connectivity index (χ3n) is 15.0. The average Bonchev–Trinajstić information content (AvgIpc) is 3.80. The Morgan fingerprint density at radius 2 is 0.833 bits per heavy atom. The highest BCUT2D eigenvalue weighted by Crippen LogP contribution is 2.55. The van der Waals surface area contributed by atoms with Crippen LogP contribution < -0.4 is 4.90 Å². The van der Waals surface area contributed by atoms with Crippen LogP contribution in [0.25, 0.3) is 82.8 Å². The second-order valence-corrected chi connectivity index (χ2v) is 19.4. The number of hydrogen-bond donors (Lipinski definition) is 0. The molecule has 11 aromatic rings. The Labute approximate surface area is 386 Å². The zero-order valence-electron chi connectivity index (χ0n) is 37.7. The molecular weight excluding hydrogens is 797 g/mol. The van der Waals surface area contributed by atoms with Gasteiger partial charge in [0.1, 0.15) is 0 Å². The van der Waals surface area contributed by atoms with Crippen molar-refractivity contribution in [3.05, 3.63) is 241 Å². The van der Waals surface area contributed by atoms with Crippen molar-refractivity contribution in [1.82, 2.24) is 4.57 Å². The maximum atomic E-state index is 2.48. The summed E-state index contributed by atoms with van der Waals surface area (Å²) in [5.41, 5.74) is 22.2. The lowest BCUT2D eigenvalue weighted by Crippen LogP contribution is -2.30. The van der Waals surface area contributed by atoms with Gasteiger partial charge in [-0.1, -0.05) is 167 Å². The van der Waals surface area contributed by atoms with E-state index in [-0.39, 0.29) is 10.8 Å². The topological polar surface area (TPSA) is 8.17 Å². The van der Waals surface area contributed by atoms with Crippen LogP contribution in [0.1, 0.15) is 49.9 Å². The summed E-state index contributed by atoms with van der Waals surface area (Å²) < 4.78 is 2.47. The number of para-hydroxylation sites is 1. The highest BCUT2D eigenvalue weighted by Gasteiger charge is 2.39. The molecule has 0 bridgehead atoms. The molecule has 2 nitrogen and oxygen atoms in total. The standard InChI is InChI=1S/C64H48N2/c1-63(2)55-22-14-13-21-51(55)52-39-54-53-36-46(27-32-59(53)65(62(54)40-56(52)63)49-19-9-6-10-20-49)48-29-34-61-58(38-48)64(3,4)57-37-47(45-24-23-42-17-11-12-18-44(42)35-45)28-33-60(57)66(61)50-30-25-43(26-31-50)41-15-7-5-8-16-41/h5-40H,1-4H3. The van der Waals surface area contributed by atoms with Crippen LogP contribution in [0.15, 0.2) is 218 Å². The maximum Gasteiger partial charge on any atom is 0.0544 e. The van der Waals surface area contributed by atoms with E-state index in [0.29, 0.717) is 0 Å². The molecule has 2 heterocycles. The van der Waals surface area contributed by atoms with Crippen LogP contribution in [0.4, 0.5) is 17.1 Å². The van der Waals surface area contributed by atoms with Crippen LogP contribution in [0.3, 0.4) is 0 Å². The van der Waals surface area contributed by atoms with Crippen molar-refractivity contribution in [2.75, 3.05) is 4.90 Å². The van der Waals surface area contributed by atoms with Gasteiger partial charge in [-0.15, -0.1) is 0 Å². The predicted molar refractivity (Wildman–Crippen MR) is 279 cm³/mol. The summed E-state index contributed by atoms with van der Waals surface area (Å²) in [6.07, 6.45) is 0. The highest BCUT2D eigenvalue weighted by atomic mass is 15.2. The Morgan fingerprint density at radius 3 is 1.56 bits per heavy atom. The minimum absolute atomic E-state index is 0.0914. The fourth-order valence-corrected chi connectivity index (χ4v) is 11.4. The van der Waals surface area contributed by atoms with Crippen molar-refractivity contribution in [3.63, 3.8) is 0 Å². The fraction of sp³-hybridized carbons (Fsp3) is 0.0938. The summed E-state index contributed by atoms with van der Waals surface area (Å²) >= 11 is 0. The lowest BCUT2D eigenvalue weighted by atomic mass is 9.72. The van der Waals surface area contributed by atoms with Gasteiger partial charge in [-0.3, -0.25) is 0 Å². The quantitative estimate of drug-likeness (QED) is 0.168. The molecule has 10 aromatic carbocycles. The van der Waals surface area contributed by atoms with E-state index in [1.54, 1.807) is 0 Å². The Kier molecular flexibility index (Phi) is 8.33. The van der Waals surface area contributed by atoms with Crippen LogP contribution in [-0.2, 0) is 10.8 Å². The van der Waals surface area contributed by atoms with E-state index in [0.717, 1.165) is 5.69 Å². The van der Waals surface area contributed by atoms with Crippen molar-refractivity contribution >= 4 is 49.6 Å². The first-order chi connectivity index (χ1) is 32.2. The Hall–Kier alpha value is -7.94. The number of nitrogens with zero attached hydrogens (tertiary/aromatic N) is 2. The third kappa shape index (κ3) is 5.74. The molecule has 0 N–H and O–H groups in total. The van der Waals surface area contributed by atoms with Gasteiger partial charge in [-0.2, -0.15) is 0 Å². The number of fused-ring (bicyclic) bond motifs is 9. The second-order valence-electron chi connectivity index (χ2n) is 19.4. The van der Waals surface area contributed by atoms with E-state index in [1.165, 1.54) is 116 Å². The Balaban J connectivity index is 0.991. The van der Waals surface area contributed by atoms with Crippen molar-refractivity contribution in [3.8, 4) is 50.2 Å². The Morgan fingerprint density at radius 1 is 0.303 bits per heavy atom. The minimum atomic E-state index is -0.303. The maximum absolute atomic E-state index is 2.48.